The van der Waals surface area contributed by atoms with Crippen LogP contribution < -0.4 is 10.1 Å². The number of likely N-dealkylation sites (tertiary alicyclic amines) is 1. The molecule has 5 heteroatoms. The summed E-state index contributed by atoms with van der Waals surface area (Å²) in [5.41, 5.74) is 1.63. The lowest BCUT2D eigenvalue weighted by atomic mass is 10.1. The highest BCUT2D eigenvalue weighted by Crippen LogP contribution is 2.18. The van der Waals surface area contributed by atoms with Gasteiger partial charge in [0.15, 0.2) is 6.61 Å². The number of benzene rings is 2. The van der Waals surface area contributed by atoms with Crippen molar-refractivity contribution in [2.24, 2.45) is 0 Å². The smallest absolute Gasteiger partial charge is 0.260 e. The summed E-state index contributed by atoms with van der Waals surface area (Å²) in [6.07, 6.45) is 5.22. The summed E-state index contributed by atoms with van der Waals surface area (Å²) < 4.78 is 5.73. The monoisotopic (exact) mass is 380 g/mol. The van der Waals surface area contributed by atoms with Crippen molar-refractivity contribution in [1.82, 2.24) is 10.2 Å². The number of ether oxygens (including phenoxy) is 1. The molecule has 1 heterocycles. The third kappa shape index (κ3) is 5.84. The van der Waals surface area contributed by atoms with Gasteiger partial charge in [0.25, 0.3) is 11.8 Å². The molecular weight excluding hydrogens is 352 g/mol. The second-order valence-corrected chi connectivity index (χ2v) is 7.07. The Balaban J connectivity index is 1.53. The Labute approximate surface area is 166 Å². The van der Waals surface area contributed by atoms with Gasteiger partial charge in [-0.15, -0.1) is 0 Å². The fourth-order valence-electron chi connectivity index (χ4n) is 3.39. The van der Waals surface area contributed by atoms with Crippen molar-refractivity contribution in [2.75, 3.05) is 26.2 Å². The van der Waals surface area contributed by atoms with Crippen LogP contribution in [0.4, 0.5) is 0 Å². The van der Waals surface area contributed by atoms with E-state index in [2.05, 4.69) is 5.32 Å². The van der Waals surface area contributed by atoms with Crippen molar-refractivity contribution < 1.29 is 14.3 Å². The largest absolute Gasteiger partial charge is 0.483 e. The highest BCUT2D eigenvalue weighted by Gasteiger charge is 2.18. The van der Waals surface area contributed by atoms with Crippen LogP contribution in [0, 0.1) is 0 Å². The van der Waals surface area contributed by atoms with Gasteiger partial charge >= 0.3 is 0 Å². The Hall–Kier alpha value is -2.82. The molecule has 0 saturated carbocycles. The molecule has 3 rings (SSSR count). The molecule has 1 saturated heterocycles. The minimum absolute atomic E-state index is 0.0128. The normalized spacial score (nSPS) is 14.2. The summed E-state index contributed by atoms with van der Waals surface area (Å²) in [6.45, 7) is 2.10. The molecule has 28 heavy (non-hydrogen) atoms. The van der Waals surface area contributed by atoms with E-state index in [9.17, 15) is 9.59 Å². The average Bonchev–Trinajstić information content (AvgIpc) is 3.02. The highest BCUT2D eigenvalue weighted by molar-refractivity contribution is 5.97. The Morgan fingerprint density at radius 3 is 2.32 bits per heavy atom. The van der Waals surface area contributed by atoms with Gasteiger partial charge in [0.1, 0.15) is 5.75 Å². The molecule has 2 aromatic carbocycles. The van der Waals surface area contributed by atoms with Crippen LogP contribution in [0.5, 0.6) is 5.75 Å². The summed E-state index contributed by atoms with van der Waals surface area (Å²) in [5.74, 6) is 0.248. The van der Waals surface area contributed by atoms with Crippen molar-refractivity contribution in [3.63, 3.8) is 0 Å². The molecule has 1 aliphatic rings. The van der Waals surface area contributed by atoms with E-state index in [1.165, 1.54) is 18.4 Å². The summed E-state index contributed by atoms with van der Waals surface area (Å²) >= 11 is 0. The van der Waals surface area contributed by atoms with Crippen molar-refractivity contribution in [3.05, 3.63) is 65.7 Å². The summed E-state index contributed by atoms with van der Waals surface area (Å²) in [6, 6.07) is 17.1. The molecule has 0 atom stereocenters. The molecule has 1 aliphatic heterocycles. The molecule has 0 bridgehead atoms. The van der Waals surface area contributed by atoms with Crippen LogP contribution in [-0.2, 0) is 11.2 Å². The first-order valence-corrected chi connectivity index (χ1v) is 10.1. The summed E-state index contributed by atoms with van der Waals surface area (Å²) in [7, 11) is 0. The highest BCUT2D eigenvalue weighted by atomic mass is 16.5. The first-order valence-electron chi connectivity index (χ1n) is 10.1. The molecule has 5 nitrogen and oxygen atoms in total. The van der Waals surface area contributed by atoms with Crippen LogP contribution in [0.3, 0.4) is 0 Å². The number of amides is 2. The van der Waals surface area contributed by atoms with Gasteiger partial charge in [0.2, 0.25) is 0 Å². The van der Waals surface area contributed by atoms with Crippen LogP contribution >= 0.6 is 0 Å². The molecular formula is C23H28N2O3. The SMILES string of the molecule is O=C(NCCc1ccccc1)c1ccccc1OCC(=O)N1CCCCCC1. The lowest BCUT2D eigenvalue weighted by Crippen LogP contribution is -2.35. The standard InChI is InChI=1S/C23H28N2O3/c26-22(25-16-8-1-2-9-17-25)18-28-21-13-7-6-12-20(21)23(27)24-15-14-19-10-4-3-5-11-19/h3-7,10-13H,1-2,8-9,14-18H2,(H,24,27). The minimum Gasteiger partial charge on any atom is -0.483 e. The van der Waals surface area contributed by atoms with Gasteiger partial charge in [-0.25, -0.2) is 0 Å². The van der Waals surface area contributed by atoms with Gasteiger partial charge in [0, 0.05) is 19.6 Å². The molecule has 148 valence electrons. The van der Waals surface area contributed by atoms with E-state index in [-0.39, 0.29) is 18.4 Å². The van der Waals surface area contributed by atoms with Gasteiger partial charge < -0.3 is 15.0 Å². The fourth-order valence-corrected chi connectivity index (χ4v) is 3.39. The lowest BCUT2D eigenvalue weighted by molar-refractivity contribution is -0.133. The van der Waals surface area contributed by atoms with Crippen molar-refractivity contribution >= 4 is 11.8 Å². The van der Waals surface area contributed by atoms with Crippen LogP contribution in [0.15, 0.2) is 54.6 Å². The van der Waals surface area contributed by atoms with Crippen molar-refractivity contribution in [2.45, 2.75) is 32.1 Å². The zero-order valence-electron chi connectivity index (χ0n) is 16.2. The van der Waals surface area contributed by atoms with Crippen LogP contribution in [0.2, 0.25) is 0 Å². The van der Waals surface area contributed by atoms with Crippen LogP contribution in [0.1, 0.15) is 41.6 Å². The van der Waals surface area contributed by atoms with E-state index in [1.807, 2.05) is 41.3 Å². The molecule has 1 N–H and O–H groups in total. The number of carbonyl (C=O) groups is 2. The molecule has 0 unspecified atom stereocenters. The van der Waals surface area contributed by atoms with Gasteiger partial charge in [-0.2, -0.15) is 0 Å². The maximum absolute atomic E-state index is 12.6. The van der Waals surface area contributed by atoms with E-state index in [1.54, 1.807) is 18.2 Å². The predicted octanol–water partition coefficient (Wildman–Crippen LogP) is 3.44. The summed E-state index contributed by atoms with van der Waals surface area (Å²) in [5, 5.41) is 2.93. The second-order valence-electron chi connectivity index (χ2n) is 7.07. The quantitative estimate of drug-likeness (QED) is 0.800. The third-order valence-corrected chi connectivity index (χ3v) is 4.98. The molecule has 0 spiro atoms. The summed E-state index contributed by atoms with van der Waals surface area (Å²) in [4.78, 5) is 26.9. The number of nitrogens with zero attached hydrogens (tertiary/aromatic N) is 1. The molecule has 0 aromatic heterocycles. The third-order valence-electron chi connectivity index (χ3n) is 4.98. The van der Waals surface area contributed by atoms with E-state index in [4.69, 9.17) is 4.74 Å². The topological polar surface area (TPSA) is 58.6 Å². The fraction of sp³-hybridized carbons (Fsp3) is 0.391. The maximum atomic E-state index is 12.6. The second kappa shape index (κ2) is 10.5. The zero-order chi connectivity index (χ0) is 19.6. The zero-order valence-corrected chi connectivity index (χ0v) is 16.2. The van der Waals surface area contributed by atoms with E-state index < -0.39 is 0 Å². The molecule has 0 radical (unpaired) electrons. The number of carbonyl (C=O) groups excluding carboxylic acids is 2. The molecule has 0 aliphatic carbocycles. The maximum Gasteiger partial charge on any atom is 0.260 e. The van der Waals surface area contributed by atoms with Gasteiger partial charge in [-0.05, 0) is 37.0 Å². The van der Waals surface area contributed by atoms with Crippen LogP contribution in [0.25, 0.3) is 0 Å². The first kappa shape index (κ1) is 19.9. The number of nitrogens with one attached hydrogen (secondary N) is 1. The number of hydrogen-bond donors (Lipinski definition) is 1. The number of rotatable bonds is 7. The molecule has 1 fully saturated rings. The number of hydrogen-bond acceptors (Lipinski definition) is 3. The van der Waals surface area contributed by atoms with E-state index >= 15 is 0 Å². The first-order chi connectivity index (χ1) is 13.7. The van der Waals surface area contributed by atoms with E-state index in [0.717, 1.165) is 32.4 Å². The van der Waals surface area contributed by atoms with Gasteiger partial charge in [0.05, 0.1) is 5.56 Å². The van der Waals surface area contributed by atoms with Crippen molar-refractivity contribution in [3.8, 4) is 5.75 Å². The van der Waals surface area contributed by atoms with E-state index in [0.29, 0.717) is 17.9 Å². The number of para-hydroxylation sites is 1. The average molecular weight is 380 g/mol. The molecule has 2 amide bonds. The van der Waals surface area contributed by atoms with Crippen molar-refractivity contribution in [1.29, 1.82) is 0 Å². The predicted molar refractivity (Wildman–Crippen MR) is 109 cm³/mol. The Morgan fingerprint density at radius 2 is 1.57 bits per heavy atom. The Bertz CT molecular complexity index is 768. The lowest BCUT2D eigenvalue weighted by Gasteiger charge is -2.20. The minimum atomic E-state index is -0.186. The Kier molecular flexibility index (Phi) is 7.47. The van der Waals surface area contributed by atoms with Gasteiger partial charge in [-0.1, -0.05) is 55.3 Å². The molecule has 2 aromatic rings. The van der Waals surface area contributed by atoms with Crippen LogP contribution in [-0.4, -0.2) is 43.0 Å². The van der Waals surface area contributed by atoms with Gasteiger partial charge in [-0.3, -0.25) is 9.59 Å². The Morgan fingerprint density at radius 1 is 0.893 bits per heavy atom.